The van der Waals surface area contributed by atoms with Gasteiger partial charge in [-0.3, -0.25) is 9.79 Å². The predicted molar refractivity (Wildman–Crippen MR) is 127 cm³/mol. The molecule has 2 aromatic rings. The van der Waals surface area contributed by atoms with Crippen LogP contribution in [-0.2, 0) is 17.8 Å². The van der Waals surface area contributed by atoms with Gasteiger partial charge in [0.1, 0.15) is 0 Å². The molecule has 1 atom stereocenters. The molecule has 1 fully saturated rings. The number of carbonyl (C=O) groups is 1. The molecular weight excluding hydrogens is 404 g/mol. The SMILES string of the molecule is CCNC(=O)COc1ccc(CNC(=NC)N2CCC(Cc3ccccc3)C2)cc1OC. The second-order valence-corrected chi connectivity index (χ2v) is 7.92. The summed E-state index contributed by atoms with van der Waals surface area (Å²) in [5.41, 5.74) is 2.44. The predicted octanol–water partition coefficient (Wildman–Crippen LogP) is 2.85. The zero-order valence-electron chi connectivity index (χ0n) is 19.3. The Kier molecular flexibility index (Phi) is 8.78. The number of methoxy groups -OCH3 is 1. The van der Waals surface area contributed by atoms with Gasteiger partial charge in [-0.15, -0.1) is 0 Å². The molecule has 2 aromatic carbocycles. The summed E-state index contributed by atoms with van der Waals surface area (Å²) in [5.74, 6) is 2.55. The highest BCUT2D eigenvalue weighted by Gasteiger charge is 2.25. The van der Waals surface area contributed by atoms with Crippen LogP contribution < -0.4 is 20.1 Å². The van der Waals surface area contributed by atoms with Crippen molar-refractivity contribution in [3.8, 4) is 11.5 Å². The summed E-state index contributed by atoms with van der Waals surface area (Å²) in [4.78, 5) is 18.5. The quantitative estimate of drug-likeness (QED) is 0.465. The lowest BCUT2D eigenvalue weighted by molar-refractivity contribution is -0.123. The van der Waals surface area contributed by atoms with Crippen molar-refractivity contribution < 1.29 is 14.3 Å². The maximum absolute atomic E-state index is 11.6. The maximum Gasteiger partial charge on any atom is 0.257 e. The van der Waals surface area contributed by atoms with E-state index in [1.165, 1.54) is 12.0 Å². The van der Waals surface area contributed by atoms with E-state index in [0.29, 0.717) is 30.5 Å². The van der Waals surface area contributed by atoms with E-state index in [1.54, 1.807) is 7.11 Å². The van der Waals surface area contributed by atoms with Crippen LogP contribution in [-0.4, -0.2) is 57.2 Å². The normalized spacial score (nSPS) is 16.0. The van der Waals surface area contributed by atoms with Gasteiger partial charge in [-0.2, -0.15) is 0 Å². The van der Waals surface area contributed by atoms with Gasteiger partial charge in [-0.25, -0.2) is 0 Å². The molecule has 3 rings (SSSR count). The Morgan fingerprint density at radius 2 is 1.94 bits per heavy atom. The van der Waals surface area contributed by atoms with Gasteiger partial charge in [-0.1, -0.05) is 36.4 Å². The number of amides is 1. The van der Waals surface area contributed by atoms with E-state index in [2.05, 4.69) is 50.9 Å². The van der Waals surface area contributed by atoms with E-state index in [0.717, 1.165) is 31.0 Å². The Morgan fingerprint density at radius 1 is 1.12 bits per heavy atom. The van der Waals surface area contributed by atoms with E-state index in [1.807, 2.05) is 32.2 Å². The van der Waals surface area contributed by atoms with Gasteiger partial charge in [0.2, 0.25) is 0 Å². The number of nitrogens with one attached hydrogen (secondary N) is 2. The molecule has 0 saturated carbocycles. The third-order valence-electron chi connectivity index (χ3n) is 5.58. The van der Waals surface area contributed by atoms with Gasteiger partial charge < -0.3 is 25.0 Å². The summed E-state index contributed by atoms with van der Waals surface area (Å²) < 4.78 is 11.1. The van der Waals surface area contributed by atoms with Crippen LogP contribution in [0.1, 0.15) is 24.5 Å². The van der Waals surface area contributed by atoms with Crippen LogP contribution >= 0.6 is 0 Å². The summed E-state index contributed by atoms with van der Waals surface area (Å²) in [6.45, 7) is 5.06. The molecule has 1 heterocycles. The van der Waals surface area contributed by atoms with Crippen LogP contribution in [0, 0.1) is 5.92 Å². The fourth-order valence-electron chi connectivity index (χ4n) is 3.99. The minimum absolute atomic E-state index is 0.0342. The van der Waals surface area contributed by atoms with Gasteiger partial charge in [-0.05, 0) is 48.9 Å². The molecule has 7 heteroatoms. The smallest absolute Gasteiger partial charge is 0.257 e. The summed E-state index contributed by atoms with van der Waals surface area (Å²) in [5, 5.41) is 6.18. The molecule has 0 aliphatic carbocycles. The fraction of sp³-hybridized carbons (Fsp3) is 0.440. The van der Waals surface area contributed by atoms with Crippen molar-refractivity contribution in [3.63, 3.8) is 0 Å². The van der Waals surface area contributed by atoms with Gasteiger partial charge in [0, 0.05) is 33.2 Å². The van der Waals surface area contributed by atoms with Crippen LogP contribution in [0.15, 0.2) is 53.5 Å². The molecule has 1 aliphatic heterocycles. The van der Waals surface area contributed by atoms with Crippen LogP contribution in [0.25, 0.3) is 0 Å². The Bertz CT molecular complexity index is 901. The van der Waals surface area contributed by atoms with Crippen molar-refractivity contribution in [1.82, 2.24) is 15.5 Å². The molecule has 7 nitrogen and oxygen atoms in total. The number of aliphatic imine (C=N–C) groups is 1. The largest absolute Gasteiger partial charge is 0.493 e. The average Bonchev–Trinajstić information content (AvgIpc) is 3.27. The Labute approximate surface area is 190 Å². The number of ether oxygens (including phenoxy) is 2. The first-order chi connectivity index (χ1) is 15.6. The molecule has 1 unspecified atom stereocenters. The zero-order valence-corrected chi connectivity index (χ0v) is 19.3. The minimum Gasteiger partial charge on any atom is -0.493 e. The highest BCUT2D eigenvalue weighted by molar-refractivity contribution is 5.80. The van der Waals surface area contributed by atoms with Gasteiger partial charge in [0.15, 0.2) is 24.1 Å². The number of likely N-dealkylation sites (N-methyl/N-ethyl adjacent to an activating group) is 1. The molecule has 1 saturated heterocycles. The molecular formula is C25H34N4O3. The van der Waals surface area contributed by atoms with Crippen molar-refractivity contribution in [2.24, 2.45) is 10.9 Å². The summed E-state index contributed by atoms with van der Waals surface area (Å²) >= 11 is 0. The number of nitrogens with zero attached hydrogens (tertiary/aromatic N) is 2. The van der Waals surface area contributed by atoms with Crippen molar-refractivity contribution in [2.45, 2.75) is 26.3 Å². The number of likely N-dealkylation sites (tertiary alicyclic amines) is 1. The third kappa shape index (κ3) is 6.64. The van der Waals surface area contributed by atoms with Gasteiger partial charge in [0.25, 0.3) is 5.91 Å². The average molecular weight is 439 g/mol. The van der Waals surface area contributed by atoms with E-state index in [4.69, 9.17) is 9.47 Å². The van der Waals surface area contributed by atoms with Crippen LogP contribution in [0.4, 0.5) is 0 Å². The highest BCUT2D eigenvalue weighted by atomic mass is 16.5. The van der Waals surface area contributed by atoms with Crippen molar-refractivity contribution in [1.29, 1.82) is 0 Å². The number of guanidine groups is 1. The summed E-state index contributed by atoms with van der Waals surface area (Å²) in [6.07, 6.45) is 2.27. The lowest BCUT2D eigenvalue weighted by Gasteiger charge is -2.22. The number of carbonyl (C=O) groups excluding carboxylic acids is 1. The van der Waals surface area contributed by atoms with Crippen LogP contribution in [0.2, 0.25) is 0 Å². The van der Waals surface area contributed by atoms with E-state index >= 15 is 0 Å². The van der Waals surface area contributed by atoms with Gasteiger partial charge in [0.05, 0.1) is 7.11 Å². The standard InChI is InChI=1S/C25H34N4O3/c1-4-27-24(30)18-32-22-11-10-20(15-23(22)31-3)16-28-25(26-2)29-13-12-21(17-29)14-19-8-6-5-7-9-19/h5-11,15,21H,4,12-14,16-18H2,1-3H3,(H,26,28)(H,27,30). The Morgan fingerprint density at radius 3 is 2.66 bits per heavy atom. The van der Waals surface area contributed by atoms with E-state index < -0.39 is 0 Å². The first-order valence-electron chi connectivity index (χ1n) is 11.2. The van der Waals surface area contributed by atoms with E-state index in [-0.39, 0.29) is 12.5 Å². The lowest BCUT2D eigenvalue weighted by atomic mass is 9.99. The number of benzene rings is 2. The molecule has 0 aromatic heterocycles. The number of rotatable bonds is 9. The molecule has 1 aliphatic rings. The first-order valence-corrected chi connectivity index (χ1v) is 11.2. The Hall–Kier alpha value is -3.22. The highest BCUT2D eigenvalue weighted by Crippen LogP contribution is 2.28. The first kappa shape index (κ1) is 23.4. The monoisotopic (exact) mass is 438 g/mol. The summed E-state index contributed by atoms with van der Waals surface area (Å²) in [6, 6.07) is 16.4. The molecule has 1 amide bonds. The fourth-order valence-corrected chi connectivity index (χ4v) is 3.99. The zero-order chi connectivity index (χ0) is 22.8. The minimum atomic E-state index is -0.153. The van der Waals surface area contributed by atoms with Crippen molar-refractivity contribution in [2.75, 3.05) is 40.4 Å². The van der Waals surface area contributed by atoms with Gasteiger partial charge >= 0.3 is 0 Å². The van der Waals surface area contributed by atoms with E-state index in [9.17, 15) is 4.79 Å². The third-order valence-corrected chi connectivity index (χ3v) is 5.58. The topological polar surface area (TPSA) is 75.2 Å². The second kappa shape index (κ2) is 12.0. The molecule has 0 spiro atoms. The lowest BCUT2D eigenvalue weighted by Crippen LogP contribution is -2.39. The van der Waals surface area contributed by atoms with Crippen molar-refractivity contribution >= 4 is 11.9 Å². The second-order valence-electron chi connectivity index (χ2n) is 7.92. The van der Waals surface area contributed by atoms with Crippen molar-refractivity contribution in [3.05, 3.63) is 59.7 Å². The summed E-state index contributed by atoms with van der Waals surface area (Å²) in [7, 11) is 3.42. The Balaban J connectivity index is 1.52. The molecule has 32 heavy (non-hydrogen) atoms. The molecule has 0 bridgehead atoms. The number of hydrogen-bond donors (Lipinski definition) is 2. The van der Waals surface area contributed by atoms with Crippen LogP contribution in [0.3, 0.4) is 0 Å². The molecule has 172 valence electrons. The van der Waals surface area contributed by atoms with Crippen LogP contribution in [0.5, 0.6) is 11.5 Å². The maximum atomic E-state index is 11.6. The molecule has 0 radical (unpaired) electrons. The number of hydrogen-bond acceptors (Lipinski definition) is 4. The molecule has 2 N–H and O–H groups in total.